The first-order valence-electron chi connectivity index (χ1n) is 6.94. The molecule has 0 saturated heterocycles. The number of fused-ring (bicyclic) bond motifs is 1. The second kappa shape index (κ2) is 6.49. The zero-order chi connectivity index (χ0) is 17.2. The summed E-state index contributed by atoms with van der Waals surface area (Å²) in [6, 6.07) is 11.9. The molecule has 0 amide bonds. The van der Waals surface area contributed by atoms with E-state index >= 15 is 0 Å². The Bertz CT molecular complexity index is 907. The number of pyridine rings is 1. The smallest absolute Gasteiger partial charge is 0.278 e. The van der Waals surface area contributed by atoms with Gasteiger partial charge in [-0.15, -0.1) is 0 Å². The molecule has 0 bridgehead atoms. The lowest BCUT2D eigenvalue weighted by Crippen LogP contribution is -2.05. The molecule has 0 aliphatic heterocycles. The fraction of sp³-hybridized carbons (Fsp3) is 0.0588. The normalized spacial score (nSPS) is 12.0. The molecule has 3 aromatic rings. The monoisotopic (exact) mass is 349 g/mol. The summed E-state index contributed by atoms with van der Waals surface area (Å²) >= 11 is 5.93. The minimum Gasteiger partial charge on any atom is -0.278 e. The number of hydrogen-bond donors (Lipinski definition) is 1. The summed E-state index contributed by atoms with van der Waals surface area (Å²) in [7, 11) is 0. The number of hydrazone groups is 1. The van der Waals surface area contributed by atoms with E-state index in [4.69, 9.17) is 11.6 Å². The van der Waals surface area contributed by atoms with Crippen LogP contribution in [0.1, 0.15) is 11.1 Å². The van der Waals surface area contributed by atoms with Gasteiger partial charge in [0, 0.05) is 16.6 Å². The summed E-state index contributed by atoms with van der Waals surface area (Å²) in [5.74, 6) is 0. The highest BCUT2D eigenvalue weighted by molar-refractivity contribution is 6.31. The van der Waals surface area contributed by atoms with Gasteiger partial charge in [0.1, 0.15) is 0 Å². The molecule has 3 rings (SSSR count). The van der Waals surface area contributed by atoms with Gasteiger partial charge in [0.25, 0.3) is 0 Å². The Hall–Kier alpha value is -2.60. The van der Waals surface area contributed by atoms with Crippen molar-refractivity contribution >= 4 is 34.4 Å². The zero-order valence-corrected chi connectivity index (χ0v) is 12.9. The summed E-state index contributed by atoms with van der Waals surface area (Å²) in [6.45, 7) is 0. The maximum absolute atomic E-state index is 12.7. The third-order valence-electron chi connectivity index (χ3n) is 3.32. The van der Waals surface area contributed by atoms with Crippen LogP contribution in [0.2, 0.25) is 5.02 Å². The predicted octanol–water partition coefficient (Wildman–Crippen LogP) is 5.35. The molecule has 0 atom stereocenters. The van der Waals surface area contributed by atoms with Crippen molar-refractivity contribution in [3.05, 3.63) is 70.9 Å². The standard InChI is InChI=1S/C17H11ClF3N3/c18-13-4-5-14-15(6-7-22-16(14)9-13)24-23-10-11-2-1-3-12(8-11)17(19,20)21/h1-10H,(H,22,24). The van der Waals surface area contributed by atoms with E-state index in [1.165, 1.54) is 12.3 Å². The first kappa shape index (κ1) is 16.3. The molecular weight excluding hydrogens is 339 g/mol. The Morgan fingerprint density at radius 2 is 1.92 bits per heavy atom. The summed E-state index contributed by atoms with van der Waals surface area (Å²) in [5, 5.41) is 5.38. The molecule has 2 aromatic carbocycles. The fourth-order valence-corrected chi connectivity index (χ4v) is 2.36. The zero-order valence-electron chi connectivity index (χ0n) is 12.2. The number of nitrogens with zero attached hydrogens (tertiary/aromatic N) is 2. The van der Waals surface area contributed by atoms with Gasteiger partial charge in [0.15, 0.2) is 0 Å². The maximum atomic E-state index is 12.7. The fourth-order valence-electron chi connectivity index (χ4n) is 2.19. The molecule has 0 unspecified atom stereocenters. The van der Waals surface area contributed by atoms with Gasteiger partial charge < -0.3 is 0 Å². The minimum absolute atomic E-state index is 0.346. The molecule has 3 nitrogen and oxygen atoms in total. The minimum atomic E-state index is -4.38. The Balaban J connectivity index is 1.82. The molecule has 1 N–H and O–H groups in total. The van der Waals surface area contributed by atoms with Crippen LogP contribution in [0, 0.1) is 0 Å². The van der Waals surface area contributed by atoms with E-state index in [0.717, 1.165) is 17.5 Å². The average Bonchev–Trinajstić information content (AvgIpc) is 2.54. The van der Waals surface area contributed by atoms with Crippen LogP contribution in [-0.4, -0.2) is 11.2 Å². The number of benzene rings is 2. The number of rotatable bonds is 3. The third kappa shape index (κ3) is 3.65. The molecule has 7 heteroatoms. The van der Waals surface area contributed by atoms with Crippen LogP contribution in [0.4, 0.5) is 18.9 Å². The lowest BCUT2D eigenvalue weighted by Gasteiger charge is -2.07. The molecule has 1 heterocycles. The molecule has 0 fully saturated rings. The Morgan fingerprint density at radius 3 is 2.71 bits per heavy atom. The van der Waals surface area contributed by atoms with E-state index in [-0.39, 0.29) is 0 Å². The summed E-state index contributed by atoms with van der Waals surface area (Å²) < 4.78 is 38.1. The Kier molecular flexibility index (Phi) is 4.40. The second-order valence-corrected chi connectivity index (χ2v) is 5.45. The van der Waals surface area contributed by atoms with Crippen LogP contribution in [-0.2, 0) is 6.18 Å². The highest BCUT2D eigenvalue weighted by atomic mass is 35.5. The molecule has 0 aliphatic rings. The highest BCUT2D eigenvalue weighted by Gasteiger charge is 2.30. The summed E-state index contributed by atoms with van der Waals surface area (Å²) in [4.78, 5) is 4.21. The first-order valence-corrected chi connectivity index (χ1v) is 7.32. The average molecular weight is 350 g/mol. The van der Waals surface area contributed by atoms with Crippen molar-refractivity contribution in [1.82, 2.24) is 4.98 Å². The van der Waals surface area contributed by atoms with E-state index in [1.807, 2.05) is 0 Å². The van der Waals surface area contributed by atoms with Crippen LogP contribution < -0.4 is 5.43 Å². The number of anilines is 1. The van der Waals surface area contributed by atoms with Crippen LogP contribution in [0.5, 0.6) is 0 Å². The van der Waals surface area contributed by atoms with E-state index in [2.05, 4.69) is 15.5 Å². The molecule has 24 heavy (non-hydrogen) atoms. The van der Waals surface area contributed by atoms with Gasteiger partial charge in [-0.05, 0) is 42.0 Å². The van der Waals surface area contributed by atoms with Gasteiger partial charge in [-0.1, -0.05) is 23.7 Å². The van der Waals surface area contributed by atoms with Crippen molar-refractivity contribution in [2.24, 2.45) is 5.10 Å². The van der Waals surface area contributed by atoms with Crippen LogP contribution in [0.15, 0.2) is 59.8 Å². The molecular formula is C17H11ClF3N3. The number of hydrogen-bond acceptors (Lipinski definition) is 3. The number of halogens is 4. The van der Waals surface area contributed by atoms with Crippen molar-refractivity contribution in [3.8, 4) is 0 Å². The largest absolute Gasteiger partial charge is 0.416 e. The van der Waals surface area contributed by atoms with Gasteiger partial charge in [0.2, 0.25) is 0 Å². The van der Waals surface area contributed by atoms with Gasteiger partial charge in [0.05, 0.1) is 23.0 Å². The van der Waals surface area contributed by atoms with E-state index in [9.17, 15) is 13.2 Å². The summed E-state index contributed by atoms with van der Waals surface area (Å²) in [5.41, 5.74) is 3.83. The second-order valence-electron chi connectivity index (χ2n) is 5.01. The van der Waals surface area contributed by atoms with Gasteiger partial charge in [-0.25, -0.2) is 0 Å². The molecule has 0 radical (unpaired) electrons. The molecule has 0 spiro atoms. The third-order valence-corrected chi connectivity index (χ3v) is 3.55. The first-order chi connectivity index (χ1) is 11.4. The SMILES string of the molecule is FC(F)(F)c1cccc(C=NNc2ccnc3cc(Cl)ccc23)c1. The van der Waals surface area contributed by atoms with E-state index in [0.29, 0.717) is 21.8 Å². The molecule has 0 aliphatic carbocycles. The number of alkyl halides is 3. The Labute approximate surface area is 140 Å². The molecule has 122 valence electrons. The number of nitrogens with one attached hydrogen (secondary N) is 1. The van der Waals surface area contributed by atoms with Crippen molar-refractivity contribution in [2.45, 2.75) is 6.18 Å². The predicted molar refractivity (Wildman–Crippen MR) is 89.4 cm³/mol. The van der Waals surface area contributed by atoms with Crippen molar-refractivity contribution < 1.29 is 13.2 Å². The maximum Gasteiger partial charge on any atom is 0.416 e. The lowest BCUT2D eigenvalue weighted by atomic mass is 10.1. The van der Waals surface area contributed by atoms with Crippen molar-refractivity contribution in [3.63, 3.8) is 0 Å². The Morgan fingerprint density at radius 1 is 1.08 bits per heavy atom. The topological polar surface area (TPSA) is 37.3 Å². The quantitative estimate of drug-likeness (QED) is 0.511. The molecule has 0 saturated carbocycles. The van der Waals surface area contributed by atoms with Crippen LogP contribution in [0.25, 0.3) is 10.9 Å². The van der Waals surface area contributed by atoms with Crippen molar-refractivity contribution in [1.29, 1.82) is 0 Å². The van der Waals surface area contributed by atoms with Crippen molar-refractivity contribution in [2.75, 3.05) is 5.43 Å². The van der Waals surface area contributed by atoms with E-state index < -0.39 is 11.7 Å². The van der Waals surface area contributed by atoms with E-state index in [1.54, 1.807) is 36.5 Å². The summed E-state index contributed by atoms with van der Waals surface area (Å²) in [6.07, 6.45) is -1.45. The lowest BCUT2D eigenvalue weighted by molar-refractivity contribution is -0.137. The van der Waals surface area contributed by atoms with Crippen LogP contribution in [0.3, 0.4) is 0 Å². The van der Waals surface area contributed by atoms with Gasteiger partial charge in [-0.3, -0.25) is 10.4 Å². The molecule has 1 aromatic heterocycles. The van der Waals surface area contributed by atoms with Gasteiger partial charge >= 0.3 is 6.18 Å². The highest BCUT2D eigenvalue weighted by Crippen LogP contribution is 2.29. The number of aromatic nitrogens is 1. The van der Waals surface area contributed by atoms with Crippen LogP contribution >= 0.6 is 11.6 Å². The van der Waals surface area contributed by atoms with Gasteiger partial charge in [-0.2, -0.15) is 18.3 Å².